The lowest BCUT2D eigenvalue weighted by Gasteiger charge is -2.34. The van der Waals surface area contributed by atoms with Crippen molar-refractivity contribution in [1.29, 1.82) is 0 Å². The van der Waals surface area contributed by atoms with Gasteiger partial charge in [-0.25, -0.2) is 0 Å². The molecule has 1 N–H and O–H groups in total. The number of hydrogen-bond donors (Lipinski definition) is 1. The maximum atomic E-state index is 5.48. The largest absolute Gasteiger partial charge is 0.469 e. The molecular weight excluding hydrogens is 224 g/mol. The summed E-state index contributed by atoms with van der Waals surface area (Å²) < 4.78 is 5.48. The molecular formula is C15H24N2O. The van der Waals surface area contributed by atoms with E-state index in [1.807, 2.05) is 6.07 Å². The van der Waals surface area contributed by atoms with Gasteiger partial charge in [0.25, 0.3) is 0 Å². The molecule has 1 aromatic rings. The van der Waals surface area contributed by atoms with Crippen LogP contribution in [-0.4, -0.2) is 36.1 Å². The van der Waals surface area contributed by atoms with E-state index in [0.29, 0.717) is 6.04 Å². The van der Waals surface area contributed by atoms with Crippen molar-refractivity contribution in [2.45, 2.75) is 57.2 Å². The molecule has 2 saturated heterocycles. The molecule has 0 bridgehead atoms. The van der Waals surface area contributed by atoms with Gasteiger partial charge in [0.2, 0.25) is 0 Å². The predicted octanol–water partition coefficient (Wildman–Crippen LogP) is 2.43. The number of nitrogens with one attached hydrogen (secondary N) is 1. The van der Waals surface area contributed by atoms with Crippen LogP contribution in [0.15, 0.2) is 22.8 Å². The molecule has 2 aliphatic heterocycles. The van der Waals surface area contributed by atoms with Crippen LogP contribution in [0.4, 0.5) is 0 Å². The molecule has 0 saturated carbocycles. The highest BCUT2D eigenvalue weighted by atomic mass is 16.3. The molecule has 2 fully saturated rings. The highest BCUT2D eigenvalue weighted by molar-refractivity contribution is 5.02. The van der Waals surface area contributed by atoms with Crippen molar-refractivity contribution < 1.29 is 4.42 Å². The first-order valence-electron chi connectivity index (χ1n) is 7.36. The van der Waals surface area contributed by atoms with E-state index in [0.717, 1.165) is 24.3 Å². The Morgan fingerprint density at radius 3 is 3.11 bits per heavy atom. The minimum atomic E-state index is 0.589. The van der Waals surface area contributed by atoms with Gasteiger partial charge in [0.1, 0.15) is 5.76 Å². The van der Waals surface area contributed by atoms with Gasteiger partial charge in [-0.2, -0.15) is 0 Å². The van der Waals surface area contributed by atoms with Gasteiger partial charge >= 0.3 is 0 Å². The Labute approximate surface area is 110 Å². The van der Waals surface area contributed by atoms with Crippen LogP contribution < -0.4 is 5.32 Å². The van der Waals surface area contributed by atoms with E-state index < -0.39 is 0 Å². The second kappa shape index (κ2) is 5.45. The summed E-state index contributed by atoms with van der Waals surface area (Å²) >= 11 is 0. The first-order valence-corrected chi connectivity index (χ1v) is 7.36. The van der Waals surface area contributed by atoms with Gasteiger partial charge in [0.05, 0.1) is 6.26 Å². The molecule has 3 rings (SSSR count). The fraction of sp³-hybridized carbons (Fsp3) is 0.733. The van der Waals surface area contributed by atoms with Crippen molar-refractivity contribution in [2.24, 2.45) is 0 Å². The second-order valence-corrected chi connectivity index (χ2v) is 5.78. The van der Waals surface area contributed by atoms with E-state index in [1.54, 1.807) is 6.26 Å². The lowest BCUT2D eigenvalue weighted by molar-refractivity contribution is 0.157. The van der Waals surface area contributed by atoms with E-state index in [-0.39, 0.29) is 0 Å². The van der Waals surface area contributed by atoms with E-state index >= 15 is 0 Å². The summed E-state index contributed by atoms with van der Waals surface area (Å²) in [6, 6.07) is 6.15. The third-order valence-corrected chi connectivity index (χ3v) is 4.55. The number of hydrogen-bond acceptors (Lipinski definition) is 3. The number of furan rings is 1. The summed E-state index contributed by atoms with van der Waals surface area (Å²) in [6.07, 6.45) is 8.24. The smallest absolute Gasteiger partial charge is 0.105 e. The molecule has 18 heavy (non-hydrogen) atoms. The Morgan fingerprint density at radius 1 is 1.44 bits per heavy atom. The Hall–Kier alpha value is -0.800. The Balaban J connectivity index is 1.62. The molecule has 2 aliphatic rings. The molecule has 3 heterocycles. The molecule has 3 heteroatoms. The quantitative estimate of drug-likeness (QED) is 0.887. The van der Waals surface area contributed by atoms with E-state index in [9.17, 15) is 0 Å². The number of nitrogens with zero attached hydrogens (tertiary/aromatic N) is 1. The van der Waals surface area contributed by atoms with Crippen molar-refractivity contribution >= 4 is 0 Å². The van der Waals surface area contributed by atoms with Gasteiger partial charge in [0, 0.05) is 24.5 Å². The van der Waals surface area contributed by atoms with Crippen LogP contribution in [-0.2, 0) is 6.42 Å². The first-order chi connectivity index (χ1) is 8.84. The minimum absolute atomic E-state index is 0.589. The molecule has 0 spiro atoms. The molecule has 3 atom stereocenters. The third-order valence-electron chi connectivity index (χ3n) is 4.55. The topological polar surface area (TPSA) is 28.4 Å². The Morgan fingerprint density at radius 2 is 2.39 bits per heavy atom. The zero-order valence-corrected chi connectivity index (χ0v) is 11.3. The van der Waals surface area contributed by atoms with Gasteiger partial charge < -0.3 is 9.73 Å². The molecule has 3 nitrogen and oxygen atoms in total. The summed E-state index contributed by atoms with van der Waals surface area (Å²) in [5, 5.41) is 3.68. The van der Waals surface area contributed by atoms with Crippen molar-refractivity contribution in [2.75, 3.05) is 13.1 Å². The van der Waals surface area contributed by atoms with Gasteiger partial charge in [-0.3, -0.25) is 4.90 Å². The maximum absolute atomic E-state index is 5.48. The second-order valence-electron chi connectivity index (χ2n) is 5.78. The first kappa shape index (κ1) is 12.2. The third kappa shape index (κ3) is 2.47. The fourth-order valence-electron chi connectivity index (χ4n) is 3.67. The Kier molecular flexibility index (Phi) is 3.71. The molecule has 3 unspecified atom stereocenters. The monoisotopic (exact) mass is 248 g/mol. The van der Waals surface area contributed by atoms with Crippen LogP contribution in [0.1, 0.15) is 38.4 Å². The van der Waals surface area contributed by atoms with Gasteiger partial charge in [-0.1, -0.05) is 0 Å². The summed E-state index contributed by atoms with van der Waals surface area (Å²) in [5.74, 6) is 1.12. The van der Waals surface area contributed by atoms with Crippen LogP contribution in [0, 0.1) is 0 Å². The number of likely N-dealkylation sites (tertiary alicyclic amines) is 1. The molecule has 100 valence electrons. The van der Waals surface area contributed by atoms with Crippen molar-refractivity contribution in [3.8, 4) is 0 Å². The predicted molar refractivity (Wildman–Crippen MR) is 72.6 cm³/mol. The zero-order valence-electron chi connectivity index (χ0n) is 11.3. The van der Waals surface area contributed by atoms with Crippen molar-refractivity contribution in [3.63, 3.8) is 0 Å². The van der Waals surface area contributed by atoms with Crippen LogP contribution in [0.3, 0.4) is 0 Å². The van der Waals surface area contributed by atoms with E-state index in [4.69, 9.17) is 4.42 Å². The average Bonchev–Trinajstić information content (AvgIpc) is 3.11. The van der Waals surface area contributed by atoms with Gasteiger partial charge in [0.15, 0.2) is 0 Å². The molecule has 1 aromatic heterocycles. The van der Waals surface area contributed by atoms with Gasteiger partial charge in [-0.15, -0.1) is 0 Å². The van der Waals surface area contributed by atoms with Crippen molar-refractivity contribution in [1.82, 2.24) is 10.2 Å². The Bertz CT molecular complexity index is 357. The van der Waals surface area contributed by atoms with Crippen LogP contribution in [0.25, 0.3) is 0 Å². The van der Waals surface area contributed by atoms with Gasteiger partial charge in [-0.05, 0) is 57.8 Å². The van der Waals surface area contributed by atoms with Crippen LogP contribution >= 0.6 is 0 Å². The molecule has 0 aromatic carbocycles. The number of rotatable bonds is 4. The lowest BCUT2D eigenvalue weighted by Crippen LogP contribution is -2.48. The summed E-state index contributed by atoms with van der Waals surface area (Å²) in [4.78, 5) is 2.70. The highest BCUT2D eigenvalue weighted by Crippen LogP contribution is 2.27. The SMILES string of the molecule is CC(Cc1ccco1)N1CCCC1C1CCCN1. The normalized spacial score (nSPS) is 30.9. The van der Waals surface area contributed by atoms with Crippen LogP contribution in [0.2, 0.25) is 0 Å². The van der Waals surface area contributed by atoms with E-state index in [2.05, 4.69) is 23.2 Å². The lowest BCUT2D eigenvalue weighted by atomic mass is 10.0. The van der Waals surface area contributed by atoms with Crippen LogP contribution in [0.5, 0.6) is 0 Å². The highest BCUT2D eigenvalue weighted by Gasteiger charge is 2.35. The molecule has 0 aliphatic carbocycles. The maximum Gasteiger partial charge on any atom is 0.105 e. The summed E-state index contributed by atoms with van der Waals surface area (Å²) in [7, 11) is 0. The fourth-order valence-corrected chi connectivity index (χ4v) is 3.67. The molecule has 0 amide bonds. The standard InChI is InChI=1S/C15H24N2O/c1-12(11-13-5-4-10-18-13)17-9-3-7-15(17)14-6-2-8-16-14/h4-5,10,12,14-16H,2-3,6-9,11H2,1H3. The average molecular weight is 248 g/mol. The van der Waals surface area contributed by atoms with Crippen molar-refractivity contribution in [3.05, 3.63) is 24.2 Å². The van der Waals surface area contributed by atoms with E-state index in [1.165, 1.54) is 38.8 Å². The zero-order chi connectivity index (χ0) is 12.4. The molecule has 0 radical (unpaired) electrons. The summed E-state index contributed by atoms with van der Waals surface area (Å²) in [5.41, 5.74) is 0. The minimum Gasteiger partial charge on any atom is -0.469 e. The summed E-state index contributed by atoms with van der Waals surface area (Å²) in [6.45, 7) is 4.81.